The standard InChI is InChI=1S/C27H26N4O/c1-19-10-11-21(20(2)17-19)25-18-23(22-7-3-4-8-24(22)29-25)27(32)31-15-13-30(14-16-31)26-9-5-6-12-28-26/h3-12,17-18H,13-16H2,1-2H3. The fourth-order valence-corrected chi connectivity index (χ4v) is 4.44. The number of amides is 1. The summed E-state index contributed by atoms with van der Waals surface area (Å²) in [7, 11) is 0. The van der Waals surface area contributed by atoms with Gasteiger partial charge in [-0.15, -0.1) is 0 Å². The Morgan fingerprint density at radius 2 is 1.66 bits per heavy atom. The molecule has 160 valence electrons. The van der Waals surface area contributed by atoms with Crippen LogP contribution < -0.4 is 4.90 Å². The van der Waals surface area contributed by atoms with Crippen LogP contribution in [0.25, 0.3) is 22.2 Å². The van der Waals surface area contributed by atoms with Gasteiger partial charge in [0.05, 0.1) is 16.8 Å². The van der Waals surface area contributed by atoms with Crippen LogP contribution >= 0.6 is 0 Å². The number of para-hydroxylation sites is 1. The summed E-state index contributed by atoms with van der Waals surface area (Å²) in [4.78, 5) is 27.2. The summed E-state index contributed by atoms with van der Waals surface area (Å²) in [6.07, 6.45) is 1.81. The van der Waals surface area contributed by atoms with Gasteiger partial charge in [0.2, 0.25) is 0 Å². The van der Waals surface area contributed by atoms with E-state index in [9.17, 15) is 4.79 Å². The van der Waals surface area contributed by atoms with Gasteiger partial charge >= 0.3 is 0 Å². The van der Waals surface area contributed by atoms with Gasteiger partial charge in [0, 0.05) is 43.3 Å². The lowest BCUT2D eigenvalue weighted by atomic mass is 9.99. The van der Waals surface area contributed by atoms with Crippen molar-refractivity contribution < 1.29 is 4.79 Å². The number of carbonyl (C=O) groups excluding carboxylic acids is 1. The van der Waals surface area contributed by atoms with Crippen LogP contribution in [0.1, 0.15) is 21.5 Å². The molecule has 1 aliphatic heterocycles. The number of rotatable bonds is 3. The molecule has 3 heterocycles. The molecule has 0 saturated carbocycles. The third-order valence-corrected chi connectivity index (χ3v) is 6.14. The summed E-state index contributed by atoms with van der Waals surface area (Å²) in [5, 5.41) is 0.901. The third-order valence-electron chi connectivity index (χ3n) is 6.14. The van der Waals surface area contributed by atoms with Crippen LogP contribution in [-0.4, -0.2) is 47.0 Å². The Balaban J connectivity index is 1.47. The summed E-state index contributed by atoms with van der Waals surface area (Å²) in [5.74, 6) is 1.03. The summed E-state index contributed by atoms with van der Waals surface area (Å²) in [5.41, 5.74) is 5.86. The van der Waals surface area contributed by atoms with Gasteiger partial charge in [0.25, 0.3) is 5.91 Å². The number of pyridine rings is 2. The molecule has 1 aliphatic rings. The number of aromatic nitrogens is 2. The Labute approximate surface area is 188 Å². The number of nitrogens with zero attached hydrogens (tertiary/aromatic N) is 4. The first-order valence-corrected chi connectivity index (χ1v) is 11.0. The van der Waals surface area contributed by atoms with Gasteiger partial charge in [-0.1, -0.05) is 48.0 Å². The Hall–Kier alpha value is -3.73. The lowest BCUT2D eigenvalue weighted by molar-refractivity contribution is 0.0748. The summed E-state index contributed by atoms with van der Waals surface area (Å²) in [6.45, 7) is 7.07. The lowest BCUT2D eigenvalue weighted by Crippen LogP contribution is -2.49. The van der Waals surface area contributed by atoms with E-state index in [0.29, 0.717) is 13.1 Å². The highest BCUT2D eigenvalue weighted by atomic mass is 16.2. The van der Waals surface area contributed by atoms with Gasteiger partial charge in [0.1, 0.15) is 5.82 Å². The van der Waals surface area contributed by atoms with Gasteiger partial charge in [-0.2, -0.15) is 0 Å². The molecule has 0 bridgehead atoms. The molecular weight excluding hydrogens is 396 g/mol. The van der Waals surface area contributed by atoms with Gasteiger partial charge in [-0.3, -0.25) is 4.79 Å². The maximum absolute atomic E-state index is 13.6. The average molecular weight is 423 g/mol. The van der Waals surface area contributed by atoms with E-state index in [1.165, 1.54) is 5.56 Å². The maximum Gasteiger partial charge on any atom is 0.254 e. The van der Waals surface area contributed by atoms with Gasteiger partial charge in [-0.05, 0) is 43.7 Å². The third kappa shape index (κ3) is 3.82. The molecule has 32 heavy (non-hydrogen) atoms. The van der Waals surface area contributed by atoms with E-state index < -0.39 is 0 Å². The molecule has 0 radical (unpaired) electrons. The monoisotopic (exact) mass is 422 g/mol. The number of piperazine rings is 1. The molecule has 0 unspecified atom stereocenters. The van der Waals surface area contributed by atoms with Crippen LogP contribution in [0, 0.1) is 13.8 Å². The van der Waals surface area contributed by atoms with Crippen LogP contribution in [0.2, 0.25) is 0 Å². The number of hydrogen-bond donors (Lipinski definition) is 0. The van der Waals surface area contributed by atoms with Gasteiger partial charge < -0.3 is 9.80 Å². The normalized spacial score (nSPS) is 14.1. The first kappa shape index (κ1) is 20.2. The highest BCUT2D eigenvalue weighted by molar-refractivity contribution is 6.07. The molecule has 2 aromatic heterocycles. The summed E-state index contributed by atoms with van der Waals surface area (Å²) >= 11 is 0. The minimum atomic E-state index is 0.0651. The minimum Gasteiger partial charge on any atom is -0.353 e. The molecular formula is C27H26N4O. The van der Waals surface area contributed by atoms with Crippen molar-refractivity contribution in [2.75, 3.05) is 31.1 Å². The second-order valence-corrected chi connectivity index (χ2v) is 8.36. The predicted molar refractivity (Wildman–Crippen MR) is 129 cm³/mol. The van der Waals surface area contributed by atoms with E-state index in [0.717, 1.165) is 52.2 Å². The quantitative estimate of drug-likeness (QED) is 0.472. The van der Waals surface area contributed by atoms with Crippen LogP contribution in [0.4, 0.5) is 5.82 Å². The fourth-order valence-electron chi connectivity index (χ4n) is 4.44. The number of hydrogen-bond acceptors (Lipinski definition) is 4. The second kappa shape index (κ2) is 8.42. The van der Waals surface area contributed by atoms with Gasteiger partial charge in [-0.25, -0.2) is 9.97 Å². The fraction of sp³-hybridized carbons (Fsp3) is 0.222. The smallest absolute Gasteiger partial charge is 0.254 e. The number of anilines is 1. The molecule has 5 rings (SSSR count). The zero-order chi connectivity index (χ0) is 22.1. The van der Waals surface area contributed by atoms with Gasteiger partial charge in [0.15, 0.2) is 0 Å². The molecule has 2 aromatic carbocycles. The van der Waals surface area contributed by atoms with Crippen LogP contribution in [0.5, 0.6) is 0 Å². The van der Waals surface area contributed by atoms with E-state index >= 15 is 0 Å². The number of aryl methyl sites for hydroxylation is 2. The van der Waals surface area contributed by atoms with Crippen molar-refractivity contribution in [2.45, 2.75) is 13.8 Å². The van der Waals surface area contributed by atoms with E-state index in [4.69, 9.17) is 4.98 Å². The van der Waals surface area contributed by atoms with Crippen molar-refractivity contribution in [1.29, 1.82) is 0 Å². The average Bonchev–Trinajstić information content (AvgIpc) is 2.83. The van der Waals surface area contributed by atoms with E-state index in [2.05, 4.69) is 41.9 Å². The molecule has 0 N–H and O–H groups in total. The largest absolute Gasteiger partial charge is 0.353 e. The molecule has 5 nitrogen and oxygen atoms in total. The topological polar surface area (TPSA) is 49.3 Å². The SMILES string of the molecule is Cc1ccc(-c2cc(C(=O)N3CCN(c4ccccn4)CC3)c3ccccc3n2)c(C)c1. The zero-order valence-electron chi connectivity index (χ0n) is 18.5. The Bertz CT molecular complexity index is 1280. The molecule has 5 heteroatoms. The number of benzene rings is 2. The van der Waals surface area contributed by atoms with Crippen LogP contribution in [0.15, 0.2) is 72.9 Å². The van der Waals surface area contributed by atoms with E-state index in [1.807, 2.05) is 59.6 Å². The molecule has 0 atom stereocenters. The minimum absolute atomic E-state index is 0.0651. The molecule has 0 aliphatic carbocycles. The maximum atomic E-state index is 13.6. The summed E-state index contributed by atoms with van der Waals surface area (Å²) in [6, 6.07) is 22.2. The van der Waals surface area contributed by atoms with Crippen molar-refractivity contribution in [1.82, 2.24) is 14.9 Å². The molecule has 4 aromatic rings. The van der Waals surface area contributed by atoms with Crippen molar-refractivity contribution in [2.24, 2.45) is 0 Å². The van der Waals surface area contributed by atoms with Crippen molar-refractivity contribution >= 4 is 22.6 Å². The lowest BCUT2D eigenvalue weighted by Gasteiger charge is -2.35. The van der Waals surface area contributed by atoms with Crippen LogP contribution in [-0.2, 0) is 0 Å². The van der Waals surface area contributed by atoms with E-state index in [-0.39, 0.29) is 5.91 Å². The van der Waals surface area contributed by atoms with Crippen LogP contribution in [0.3, 0.4) is 0 Å². The molecule has 0 spiro atoms. The first-order chi connectivity index (χ1) is 15.6. The molecule has 1 saturated heterocycles. The second-order valence-electron chi connectivity index (χ2n) is 8.36. The molecule has 1 amide bonds. The highest BCUT2D eigenvalue weighted by Crippen LogP contribution is 2.28. The van der Waals surface area contributed by atoms with Crippen molar-refractivity contribution in [3.8, 4) is 11.3 Å². The highest BCUT2D eigenvalue weighted by Gasteiger charge is 2.25. The Morgan fingerprint density at radius 3 is 2.41 bits per heavy atom. The van der Waals surface area contributed by atoms with Crippen molar-refractivity contribution in [3.63, 3.8) is 0 Å². The summed E-state index contributed by atoms with van der Waals surface area (Å²) < 4.78 is 0. The Kier molecular flexibility index (Phi) is 5.31. The number of fused-ring (bicyclic) bond motifs is 1. The number of carbonyl (C=O) groups is 1. The molecule has 1 fully saturated rings. The predicted octanol–water partition coefficient (Wildman–Crippen LogP) is 4.88. The zero-order valence-corrected chi connectivity index (χ0v) is 18.5. The van der Waals surface area contributed by atoms with Crippen molar-refractivity contribution in [3.05, 3.63) is 89.6 Å². The Morgan fingerprint density at radius 1 is 0.875 bits per heavy atom. The van der Waals surface area contributed by atoms with E-state index in [1.54, 1.807) is 0 Å². The first-order valence-electron chi connectivity index (χ1n) is 11.0.